The highest BCUT2D eigenvalue weighted by Gasteiger charge is 2.21. The van der Waals surface area contributed by atoms with Crippen molar-refractivity contribution in [3.05, 3.63) is 108 Å². The standard InChI is InChI=1S/C23H19N7.C9H12N2/c24-21-18(6-2-11-25-21)22-27-19-9-10-20(29-13-3-12-26-29)28-23(19)30(22)17-8-7-15-4-1-5-16(15)14-17;1-10-9-3-2-7-6-11-5-4-8(7)9/h2-3,6-14H,1,4-5H2,(H2,24,25);4-6,9-10H,2-3H2,1H3. The Morgan fingerprint density at radius 3 is 2.68 bits per heavy atom. The van der Waals surface area contributed by atoms with Crippen molar-refractivity contribution in [2.24, 2.45) is 0 Å². The van der Waals surface area contributed by atoms with Crippen LogP contribution in [0.4, 0.5) is 5.82 Å². The largest absolute Gasteiger partial charge is 0.383 e. The van der Waals surface area contributed by atoms with Crippen LogP contribution in [-0.2, 0) is 19.3 Å². The minimum Gasteiger partial charge on any atom is -0.383 e. The van der Waals surface area contributed by atoms with Crippen molar-refractivity contribution in [1.29, 1.82) is 0 Å². The van der Waals surface area contributed by atoms with E-state index in [-0.39, 0.29) is 0 Å². The maximum Gasteiger partial charge on any atom is 0.167 e. The molecule has 5 aromatic heterocycles. The molecular weight excluding hydrogens is 510 g/mol. The van der Waals surface area contributed by atoms with E-state index in [0.717, 1.165) is 46.9 Å². The smallest absolute Gasteiger partial charge is 0.167 e. The van der Waals surface area contributed by atoms with Gasteiger partial charge in [0.2, 0.25) is 0 Å². The van der Waals surface area contributed by atoms with Gasteiger partial charge in [0.1, 0.15) is 11.3 Å². The molecule has 3 N–H and O–H groups in total. The molecule has 9 nitrogen and oxygen atoms in total. The van der Waals surface area contributed by atoms with Gasteiger partial charge >= 0.3 is 0 Å². The molecule has 0 fully saturated rings. The second-order valence-corrected chi connectivity index (χ2v) is 10.4. The summed E-state index contributed by atoms with van der Waals surface area (Å²) >= 11 is 0. The lowest BCUT2D eigenvalue weighted by atomic mass is 10.1. The molecule has 8 rings (SSSR count). The second-order valence-electron chi connectivity index (χ2n) is 10.4. The van der Waals surface area contributed by atoms with Crippen molar-refractivity contribution in [3.8, 4) is 22.9 Å². The number of nitrogens with two attached hydrogens (primary N) is 1. The molecular formula is C32H31N9. The lowest BCUT2D eigenvalue weighted by Gasteiger charge is -2.12. The number of hydrogen-bond donors (Lipinski definition) is 2. The van der Waals surface area contributed by atoms with E-state index in [1.807, 2.05) is 56.0 Å². The van der Waals surface area contributed by atoms with Crippen LogP contribution in [0.3, 0.4) is 0 Å². The maximum absolute atomic E-state index is 6.22. The molecule has 1 aromatic carbocycles. The number of pyridine rings is 3. The number of benzene rings is 1. The summed E-state index contributed by atoms with van der Waals surface area (Å²) in [5.74, 6) is 1.92. The summed E-state index contributed by atoms with van der Waals surface area (Å²) in [4.78, 5) is 18.2. The number of aromatic nitrogens is 7. The van der Waals surface area contributed by atoms with E-state index >= 15 is 0 Å². The van der Waals surface area contributed by atoms with Crippen LogP contribution in [0.5, 0.6) is 0 Å². The predicted molar refractivity (Wildman–Crippen MR) is 160 cm³/mol. The molecule has 41 heavy (non-hydrogen) atoms. The topological polar surface area (TPSA) is 112 Å². The first-order chi connectivity index (χ1) is 20.2. The van der Waals surface area contributed by atoms with Crippen LogP contribution in [-0.4, -0.2) is 41.3 Å². The molecule has 0 radical (unpaired) electrons. The SMILES string of the molecule is CNC1CCc2cnccc21.Nc1ncccc1-c1nc2ccc(-n3cccn3)nc2n1-c1ccc2c(c1)CCC2. The van der Waals surface area contributed by atoms with Crippen molar-refractivity contribution in [1.82, 2.24) is 39.6 Å². The van der Waals surface area contributed by atoms with E-state index < -0.39 is 0 Å². The van der Waals surface area contributed by atoms with Crippen LogP contribution in [0, 0.1) is 0 Å². The summed E-state index contributed by atoms with van der Waals surface area (Å²) in [5, 5.41) is 7.61. The van der Waals surface area contributed by atoms with E-state index in [1.165, 1.54) is 41.5 Å². The predicted octanol–water partition coefficient (Wildman–Crippen LogP) is 5.03. The molecule has 0 spiro atoms. The van der Waals surface area contributed by atoms with Crippen molar-refractivity contribution in [3.63, 3.8) is 0 Å². The van der Waals surface area contributed by atoms with Crippen molar-refractivity contribution >= 4 is 17.0 Å². The van der Waals surface area contributed by atoms with Crippen molar-refractivity contribution in [2.75, 3.05) is 12.8 Å². The van der Waals surface area contributed by atoms with Crippen LogP contribution in [0.2, 0.25) is 0 Å². The van der Waals surface area contributed by atoms with Crippen LogP contribution in [0.25, 0.3) is 34.1 Å². The van der Waals surface area contributed by atoms with Gasteiger partial charge in [-0.25, -0.2) is 19.6 Å². The minimum atomic E-state index is 0.447. The van der Waals surface area contributed by atoms with Gasteiger partial charge in [0.15, 0.2) is 17.3 Å². The molecule has 2 aliphatic carbocycles. The average molecular weight is 542 g/mol. The summed E-state index contributed by atoms with van der Waals surface area (Å²) in [6.07, 6.45) is 15.0. The van der Waals surface area contributed by atoms with Gasteiger partial charge in [-0.2, -0.15) is 5.10 Å². The number of nitrogens with zero attached hydrogens (tertiary/aromatic N) is 7. The fourth-order valence-corrected chi connectivity index (χ4v) is 5.95. The highest BCUT2D eigenvalue weighted by Crippen LogP contribution is 2.33. The van der Waals surface area contributed by atoms with Gasteiger partial charge in [-0.1, -0.05) is 6.07 Å². The fourth-order valence-electron chi connectivity index (χ4n) is 5.95. The van der Waals surface area contributed by atoms with Gasteiger partial charge in [0.05, 0.1) is 5.56 Å². The first-order valence-corrected chi connectivity index (χ1v) is 14.0. The zero-order valence-corrected chi connectivity index (χ0v) is 22.9. The van der Waals surface area contributed by atoms with E-state index in [0.29, 0.717) is 11.9 Å². The van der Waals surface area contributed by atoms with E-state index in [1.54, 1.807) is 17.1 Å². The Labute approximate surface area is 238 Å². The second kappa shape index (κ2) is 10.6. The molecule has 0 saturated carbocycles. The van der Waals surface area contributed by atoms with Crippen LogP contribution in [0.1, 0.15) is 41.1 Å². The minimum absolute atomic E-state index is 0.447. The third-order valence-electron chi connectivity index (χ3n) is 8.02. The zero-order valence-electron chi connectivity index (χ0n) is 22.9. The van der Waals surface area contributed by atoms with Crippen LogP contribution < -0.4 is 11.1 Å². The summed E-state index contributed by atoms with van der Waals surface area (Å²) in [6, 6.07) is 18.9. The van der Waals surface area contributed by atoms with Gasteiger partial charge in [0, 0.05) is 42.7 Å². The van der Waals surface area contributed by atoms with Gasteiger partial charge in [-0.05, 0) is 110 Å². The molecule has 0 amide bonds. The average Bonchev–Trinajstić information content (AvgIpc) is 3.82. The van der Waals surface area contributed by atoms with Crippen LogP contribution in [0.15, 0.2) is 85.6 Å². The zero-order chi connectivity index (χ0) is 27.8. The summed E-state index contributed by atoms with van der Waals surface area (Å²) in [5.41, 5.74) is 15.3. The van der Waals surface area contributed by atoms with Gasteiger partial charge < -0.3 is 11.1 Å². The van der Waals surface area contributed by atoms with Gasteiger partial charge in [-0.3, -0.25) is 9.55 Å². The Bertz CT molecular complexity index is 1840. The molecule has 1 atom stereocenters. The molecule has 204 valence electrons. The Hall–Kier alpha value is -4.89. The summed E-state index contributed by atoms with van der Waals surface area (Å²) in [6.45, 7) is 0. The number of nitrogen functional groups attached to an aromatic ring is 1. The highest BCUT2D eigenvalue weighted by atomic mass is 15.3. The van der Waals surface area contributed by atoms with Crippen molar-refractivity contribution in [2.45, 2.75) is 38.1 Å². The van der Waals surface area contributed by atoms with Crippen LogP contribution >= 0.6 is 0 Å². The lowest BCUT2D eigenvalue weighted by Crippen LogP contribution is -2.12. The molecule has 6 aromatic rings. The summed E-state index contributed by atoms with van der Waals surface area (Å²) < 4.78 is 3.83. The number of rotatable bonds is 4. The number of fused-ring (bicyclic) bond motifs is 3. The monoisotopic (exact) mass is 541 g/mol. The fraction of sp³-hybridized carbons (Fsp3) is 0.219. The van der Waals surface area contributed by atoms with E-state index in [9.17, 15) is 0 Å². The highest BCUT2D eigenvalue weighted by molar-refractivity contribution is 5.83. The van der Waals surface area contributed by atoms with E-state index in [2.05, 4.69) is 49.2 Å². The number of aryl methyl sites for hydroxylation is 3. The van der Waals surface area contributed by atoms with Gasteiger partial charge in [0.25, 0.3) is 0 Å². The Morgan fingerprint density at radius 1 is 0.902 bits per heavy atom. The normalized spacial score (nSPS) is 15.4. The molecule has 0 saturated heterocycles. The first kappa shape index (κ1) is 25.1. The Balaban J connectivity index is 0.000000210. The number of imidazole rings is 1. The maximum atomic E-state index is 6.22. The molecule has 5 heterocycles. The van der Waals surface area contributed by atoms with E-state index in [4.69, 9.17) is 15.7 Å². The Morgan fingerprint density at radius 2 is 1.83 bits per heavy atom. The molecule has 0 bridgehead atoms. The lowest BCUT2D eigenvalue weighted by molar-refractivity contribution is 0.590. The quantitative estimate of drug-likeness (QED) is 0.322. The molecule has 0 aliphatic heterocycles. The molecule has 9 heteroatoms. The molecule has 1 unspecified atom stereocenters. The number of anilines is 1. The third kappa shape index (κ3) is 4.64. The Kier molecular flexibility index (Phi) is 6.48. The van der Waals surface area contributed by atoms with Gasteiger partial charge in [-0.15, -0.1) is 0 Å². The number of hydrogen-bond acceptors (Lipinski definition) is 7. The third-order valence-corrected chi connectivity index (χ3v) is 8.02. The summed E-state index contributed by atoms with van der Waals surface area (Å²) in [7, 11) is 2.01. The first-order valence-electron chi connectivity index (χ1n) is 14.0. The molecule has 2 aliphatic rings. The van der Waals surface area contributed by atoms with Crippen molar-refractivity contribution < 1.29 is 0 Å². The number of nitrogens with one attached hydrogen (secondary N) is 1.